The molecule has 4 nitrogen and oxygen atoms in total. The molecule has 0 spiro atoms. The number of sulfonamides is 1. The summed E-state index contributed by atoms with van der Waals surface area (Å²) in [6.45, 7) is 1.81. The van der Waals surface area contributed by atoms with E-state index in [1.807, 2.05) is 7.05 Å². The van der Waals surface area contributed by atoms with Crippen molar-refractivity contribution in [2.75, 3.05) is 26.7 Å². The highest BCUT2D eigenvalue weighted by molar-refractivity contribution is 7.89. The molecule has 0 saturated carbocycles. The molecule has 1 saturated heterocycles. The van der Waals surface area contributed by atoms with Gasteiger partial charge in [-0.25, -0.2) is 12.8 Å². The van der Waals surface area contributed by atoms with Gasteiger partial charge in [0.1, 0.15) is 5.82 Å². The number of hydrogen-bond donors (Lipinski definition) is 1. The maximum atomic E-state index is 13.2. The molecule has 0 radical (unpaired) electrons. The maximum Gasteiger partial charge on any atom is 0.243 e. The quantitative estimate of drug-likeness (QED) is 0.911. The van der Waals surface area contributed by atoms with Gasteiger partial charge in [-0.1, -0.05) is 6.07 Å². The molecule has 1 N–H and O–H groups in total. The summed E-state index contributed by atoms with van der Waals surface area (Å²) >= 11 is 0. The lowest BCUT2D eigenvalue weighted by atomic mass is 10.00. The van der Waals surface area contributed by atoms with E-state index in [2.05, 4.69) is 5.32 Å². The SMILES string of the molecule is CNCC1CCCN(S(=O)(=O)c2cccc(F)c2)C1. The van der Waals surface area contributed by atoms with Crippen LogP contribution in [0.15, 0.2) is 29.2 Å². The third kappa shape index (κ3) is 3.32. The predicted octanol–water partition coefficient (Wildman–Crippen LogP) is 1.45. The summed E-state index contributed by atoms with van der Waals surface area (Å²) in [5, 5.41) is 3.08. The van der Waals surface area contributed by atoms with E-state index in [-0.39, 0.29) is 4.90 Å². The van der Waals surface area contributed by atoms with Crippen LogP contribution in [0.2, 0.25) is 0 Å². The van der Waals surface area contributed by atoms with Crippen molar-refractivity contribution < 1.29 is 12.8 Å². The molecule has 1 aromatic rings. The van der Waals surface area contributed by atoms with Crippen molar-refractivity contribution in [1.82, 2.24) is 9.62 Å². The summed E-state index contributed by atoms with van der Waals surface area (Å²) in [5.74, 6) is -0.202. The smallest absolute Gasteiger partial charge is 0.243 e. The Morgan fingerprint density at radius 3 is 2.95 bits per heavy atom. The molecule has 1 aliphatic rings. The molecule has 0 amide bonds. The highest BCUT2D eigenvalue weighted by atomic mass is 32.2. The van der Waals surface area contributed by atoms with Gasteiger partial charge in [0.2, 0.25) is 10.0 Å². The monoisotopic (exact) mass is 286 g/mol. The lowest BCUT2D eigenvalue weighted by molar-refractivity contribution is 0.263. The van der Waals surface area contributed by atoms with Gasteiger partial charge in [0.05, 0.1) is 4.90 Å². The summed E-state index contributed by atoms with van der Waals surface area (Å²) in [6.07, 6.45) is 1.87. The van der Waals surface area contributed by atoms with Gasteiger partial charge in [-0.2, -0.15) is 4.31 Å². The van der Waals surface area contributed by atoms with Crippen LogP contribution >= 0.6 is 0 Å². The van der Waals surface area contributed by atoms with Gasteiger partial charge in [0, 0.05) is 13.1 Å². The number of rotatable bonds is 4. The van der Waals surface area contributed by atoms with Gasteiger partial charge < -0.3 is 5.32 Å². The standard InChI is InChI=1S/C13H19FN2O2S/c1-15-9-11-4-3-7-16(10-11)19(17,18)13-6-2-5-12(14)8-13/h2,5-6,8,11,15H,3-4,7,9-10H2,1H3. The number of hydrogen-bond acceptors (Lipinski definition) is 3. The molecule has 1 heterocycles. The third-order valence-electron chi connectivity index (χ3n) is 3.41. The van der Waals surface area contributed by atoms with Crippen molar-refractivity contribution in [2.24, 2.45) is 5.92 Å². The van der Waals surface area contributed by atoms with Gasteiger partial charge in [-0.05, 0) is 50.6 Å². The number of benzene rings is 1. The van der Waals surface area contributed by atoms with Crippen LogP contribution in [0.4, 0.5) is 4.39 Å². The fourth-order valence-electron chi connectivity index (χ4n) is 2.48. The van der Waals surface area contributed by atoms with E-state index in [1.54, 1.807) is 0 Å². The number of piperidine rings is 1. The third-order valence-corrected chi connectivity index (χ3v) is 5.27. The van der Waals surface area contributed by atoms with E-state index in [0.29, 0.717) is 19.0 Å². The second-order valence-electron chi connectivity index (χ2n) is 4.89. The number of halogens is 1. The van der Waals surface area contributed by atoms with Gasteiger partial charge in [-0.15, -0.1) is 0 Å². The number of nitrogens with zero attached hydrogens (tertiary/aromatic N) is 1. The fourth-order valence-corrected chi connectivity index (χ4v) is 4.06. The molecular weight excluding hydrogens is 267 g/mol. The maximum absolute atomic E-state index is 13.2. The van der Waals surface area contributed by atoms with Gasteiger partial charge in [0.15, 0.2) is 0 Å². The van der Waals surface area contributed by atoms with Crippen molar-refractivity contribution in [2.45, 2.75) is 17.7 Å². The lowest BCUT2D eigenvalue weighted by Crippen LogP contribution is -2.42. The molecule has 106 valence electrons. The normalized spacial score (nSPS) is 21.5. The van der Waals surface area contributed by atoms with E-state index in [1.165, 1.54) is 22.5 Å². The Labute approximate surface area is 113 Å². The molecule has 0 aromatic heterocycles. The first kappa shape index (κ1) is 14.4. The zero-order chi connectivity index (χ0) is 13.9. The molecular formula is C13H19FN2O2S. The van der Waals surface area contributed by atoms with E-state index in [4.69, 9.17) is 0 Å². The molecule has 1 aliphatic heterocycles. The first-order valence-electron chi connectivity index (χ1n) is 6.44. The Hall–Kier alpha value is -0.980. The lowest BCUT2D eigenvalue weighted by Gasteiger charge is -2.31. The van der Waals surface area contributed by atoms with Crippen LogP contribution in [-0.4, -0.2) is 39.4 Å². The molecule has 2 rings (SSSR count). The minimum absolute atomic E-state index is 0.0395. The molecule has 1 atom stereocenters. The summed E-state index contributed by atoms with van der Waals surface area (Å²) < 4.78 is 39.5. The minimum atomic E-state index is -3.57. The van der Waals surface area contributed by atoms with Crippen molar-refractivity contribution in [3.8, 4) is 0 Å². The van der Waals surface area contributed by atoms with E-state index in [0.717, 1.165) is 25.5 Å². The Bertz CT molecular complexity index is 531. The summed E-state index contributed by atoms with van der Waals surface area (Å²) in [5.41, 5.74) is 0. The summed E-state index contributed by atoms with van der Waals surface area (Å²) in [7, 11) is -1.71. The minimum Gasteiger partial charge on any atom is -0.319 e. The molecule has 1 fully saturated rings. The molecule has 6 heteroatoms. The first-order valence-corrected chi connectivity index (χ1v) is 7.88. The number of nitrogens with one attached hydrogen (secondary N) is 1. The van der Waals surface area contributed by atoms with E-state index < -0.39 is 15.8 Å². The van der Waals surface area contributed by atoms with Crippen molar-refractivity contribution >= 4 is 10.0 Å². The average Bonchev–Trinajstić information content (AvgIpc) is 2.39. The fraction of sp³-hybridized carbons (Fsp3) is 0.538. The largest absolute Gasteiger partial charge is 0.319 e. The highest BCUT2D eigenvalue weighted by Crippen LogP contribution is 2.23. The van der Waals surface area contributed by atoms with Crippen molar-refractivity contribution in [1.29, 1.82) is 0 Å². The van der Waals surface area contributed by atoms with Crippen molar-refractivity contribution in [3.05, 3.63) is 30.1 Å². The Kier molecular flexibility index (Phi) is 4.54. The van der Waals surface area contributed by atoms with Crippen LogP contribution in [0.1, 0.15) is 12.8 Å². The van der Waals surface area contributed by atoms with Crippen LogP contribution < -0.4 is 5.32 Å². The topological polar surface area (TPSA) is 49.4 Å². The molecule has 0 aliphatic carbocycles. The molecule has 19 heavy (non-hydrogen) atoms. The van der Waals surface area contributed by atoms with Gasteiger partial charge in [-0.3, -0.25) is 0 Å². The second-order valence-corrected chi connectivity index (χ2v) is 6.82. The average molecular weight is 286 g/mol. The van der Waals surface area contributed by atoms with E-state index >= 15 is 0 Å². The molecule has 1 aromatic carbocycles. The zero-order valence-corrected chi connectivity index (χ0v) is 11.8. The first-order chi connectivity index (χ1) is 9.04. The van der Waals surface area contributed by atoms with Gasteiger partial charge in [0.25, 0.3) is 0 Å². The van der Waals surface area contributed by atoms with Crippen molar-refractivity contribution in [3.63, 3.8) is 0 Å². The molecule has 0 bridgehead atoms. The summed E-state index contributed by atoms with van der Waals surface area (Å²) in [4.78, 5) is 0.0395. The van der Waals surface area contributed by atoms with Crippen LogP contribution in [0.5, 0.6) is 0 Å². The highest BCUT2D eigenvalue weighted by Gasteiger charge is 2.30. The van der Waals surface area contributed by atoms with Crippen LogP contribution in [0, 0.1) is 11.7 Å². The zero-order valence-electron chi connectivity index (χ0n) is 11.0. The Balaban J connectivity index is 2.19. The Morgan fingerprint density at radius 1 is 1.47 bits per heavy atom. The van der Waals surface area contributed by atoms with Crippen LogP contribution in [-0.2, 0) is 10.0 Å². The summed E-state index contributed by atoms with van der Waals surface area (Å²) in [6, 6.07) is 5.20. The molecule has 1 unspecified atom stereocenters. The van der Waals surface area contributed by atoms with E-state index in [9.17, 15) is 12.8 Å². The Morgan fingerprint density at radius 2 is 2.26 bits per heavy atom. The van der Waals surface area contributed by atoms with Crippen LogP contribution in [0.25, 0.3) is 0 Å². The second kappa shape index (κ2) is 5.98. The van der Waals surface area contributed by atoms with Gasteiger partial charge >= 0.3 is 0 Å². The van der Waals surface area contributed by atoms with Crippen LogP contribution in [0.3, 0.4) is 0 Å². The predicted molar refractivity (Wildman–Crippen MR) is 71.8 cm³/mol.